The van der Waals surface area contributed by atoms with Crippen LogP contribution in [-0.2, 0) is 0 Å². The average Bonchev–Trinajstić information content (AvgIpc) is 2.74. The van der Waals surface area contributed by atoms with Crippen molar-refractivity contribution in [1.29, 1.82) is 0 Å². The predicted octanol–water partition coefficient (Wildman–Crippen LogP) is 4.19. The van der Waals surface area contributed by atoms with Gasteiger partial charge in [0, 0.05) is 19.9 Å². The molecule has 5 heteroatoms. The van der Waals surface area contributed by atoms with Crippen molar-refractivity contribution in [3.8, 4) is 11.4 Å². The molecule has 0 radical (unpaired) electrons. The van der Waals surface area contributed by atoms with Crippen molar-refractivity contribution in [1.82, 2.24) is 15.0 Å². The predicted molar refractivity (Wildman–Crippen MR) is 81.8 cm³/mol. The van der Waals surface area contributed by atoms with E-state index in [1.165, 1.54) is 0 Å². The Hall–Kier alpha value is -1.14. The van der Waals surface area contributed by atoms with Crippen molar-refractivity contribution >= 4 is 45.4 Å². The largest absolute Gasteiger partial charge is 0.337 e. The van der Waals surface area contributed by atoms with Gasteiger partial charge in [-0.25, -0.2) is 9.97 Å². The molecule has 1 aromatic carbocycles. The van der Waals surface area contributed by atoms with Crippen LogP contribution in [0.5, 0.6) is 0 Å². The summed E-state index contributed by atoms with van der Waals surface area (Å²) in [5.41, 5.74) is 3.63. The first-order chi connectivity index (χ1) is 8.63. The number of pyridine rings is 1. The lowest BCUT2D eigenvalue weighted by atomic mass is 10.2. The topological polar surface area (TPSA) is 41.6 Å². The summed E-state index contributed by atoms with van der Waals surface area (Å²) in [6.45, 7) is 1.96. The maximum absolute atomic E-state index is 6.03. The number of H-pyrrole nitrogens is 1. The first-order valence-corrected chi connectivity index (χ1v) is 6.88. The zero-order chi connectivity index (χ0) is 12.7. The van der Waals surface area contributed by atoms with Crippen LogP contribution in [0, 0.1) is 10.5 Å². The number of aromatic nitrogens is 3. The van der Waals surface area contributed by atoms with Crippen molar-refractivity contribution in [3.63, 3.8) is 0 Å². The van der Waals surface area contributed by atoms with Crippen molar-refractivity contribution in [2.24, 2.45) is 0 Å². The molecule has 0 atom stereocenters. The van der Waals surface area contributed by atoms with Crippen molar-refractivity contribution in [2.75, 3.05) is 0 Å². The molecule has 2 heterocycles. The minimum atomic E-state index is 0.704. The molecular formula is C13H9ClIN3. The molecule has 0 aliphatic carbocycles. The summed E-state index contributed by atoms with van der Waals surface area (Å²) in [6, 6.07) is 9.72. The number of hydrogen-bond donors (Lipinski definition) is 1. The lowest BCUT2D eigenvalue weighted by molar-refractivity contribution is 1.22. The number of nitrogens with one attached hydrogen (secondary N) is 1. The number of fused-ring (bicyclic) bond motifs is 1. The van der Waals surface area contributed by atoms with Gasteiger partial charge in [0.1, 0.15) is 5.82 Å². The van der Waals surface area contributed by atoms with Crippen molar-refractivity contribution < 1.29 is 0 Å². The standard InChI is InChI=1S/C13H9ClIN3/c1-7-2-5-11-13(16-7)18-12(17-11)9-6-8(14)3-4-10(9)15/h2-6H,1H3,(H,16,17,18). The molecule has 0 amide bonds. The third kappa shape index (κ3) is 2.10. The van der Waals surface area contributed by atoms with E-state index in [1.807, 2.05) is 37.3 Å². The molecule has 1 N–H and O–H groups in total. The van der Waals surface area contributed by atoms with E-state index >= 15 is 0 Å². The van der Waals surface area contributed by atoms with Gasteiger partial charge in [0.2, 0.25) is 0 Å². The lowest BCUT2D eigenvalue weighted by Crippen LogP contribution is -1.85. The summed E-state index contributed by atoms with van der Waals surface area (Å²) in [6.07, 6.45) is 0. The lowest BCUT2D eigenvalue weighted by Gasteiger charge is -2.00. The monoisotopic (exact) mass is 369 g/mol. The third-order valence-electron chi connectivity index (χ3n) is 2.67. The zero-order valence-electron chi connectivity index (χ0n) is 9.54. The maximum Gasteiger partial charge on any atom is 0.178 e. The molecule has 0 saturated heterocycles. The number of rotatable bonds is 1. The fourth-order valence-corrected chi connectivity index (χ4v) is 2.56. The third-order valence-corrected chi connectivity index (χ3v) is 3.84. The van der Waals surface area contributed by atoms with Crippen molar-refractivity contribution in [3.05, 3.63) is 44.6 Å². The average molecular weight is 370 g/mol. The Labute approximate surface area is 123 Å². The molecule has 90 valence electrons. The van der Waals surface area contributed by atoms with Gasteiger partial charge in [-0.15, -0.1) is 0 Å². The molecule has 0 saturated carbocycles. The number of nitrogens with zero attached hydrogens (tertiary/aromatic N) is 2. The minimum absolute atomic E-state index is 0.704. The zero-order valence-corrected chi connectivity index (χ0v) is 12.5. The van der Waals surface area contributed by atoms with Gasteiger partial charge in [-0.2, -0.15) is 0 Å². The van der Waals surface area contributed by atoms with Gasteiger partial charge in [-0.1, -0.05) is 11.6 Å². The molecule has 3 rings (SSSR count). The highest BCUT2D eigenvalue weighted by Gasteiger charge is 2.10. The van der Waals surface area contributed by atoms with E-state index in [9.17, 15) is 0 Å². The second kappa shape index (κ2) is 4.51. The van der Waals surface area contributed by atoms with Gasteiger partial charge in [0.15, 0.2) is 5.65 Å². The summed E-state index contributed by atoms with van der Waals surface area (Å²) in [5, 5.41) is 0.704. The van der Waals surface area contributed by atoms with Crippen LogP contribution >= 0.6 is 34.2 Å². The molecule has 3 nitrogen and oxygen atoms in total. The van der Waals surface area contributed by atoms with Crippen LogP contribution in [0.3, 0.4) is 0 Å². The molecule has 0 aliphatic heterocycles. The molecule has 0 unspecified atom stereocenters. The number of aromatic amines is 1. The fourth-order valence-electron chi connectivity index (χ4n) is 1.79. The van der Waals surface area contributed by atoms with E-state index in [4.69, 9.17) is 11.6 Å². The number of hydrogen-bond acceptors (Lipinski definition) is 2. The number of benzene rings is 1. The Balaban J connectivity index is 2.22. The molecule has 2 aromatic heterocycles. The molecule has 0 bridgehead atoms. The number of aryl methyl sites for hydroxylation is 1. The summed E-state index contributed by atoms with van der Waals surface area (Å²) >= 11 is 8.30. The van der Waals surface area contributed by atoms with Crippen LogP contribution in [0.1, 0.15) is 5.69 Å². The number of halogens is 2. The highest BCUT2D eigenvalue weighted by Crippen LogP contribution is 2.27. The SMILES string of the molecule is Cc1ccc2[nH]c(-c3cc(Cl)ccc3I)nc2n1. The van der Waals surface area contributed by atoms with Crippen LogP contribution in [0.4, 0.5) is 0 Å². The summed E-state index contributed by atoms with van der Waals surface area (Å²) < 4.78 is 1.10. The Kier molecular flexibility index (Phi) is 2.99. The van der Waals surface area contributed by atoms with Gasteiger partial charge >= 0.3 is 0 Å². The smallest absolute Gasteiger partial charge is 0.178 e. The van der Waals surface area contributed by atoms with E-state index in [0.717, 1.165) is 31.8 Å². The van der Waals surface area contributed by atoms with Crippen LogP contribution in [0.15, 0.2) is 30.3 Å². The van der Waals surface area contributed by atoms with E-state index in [-0.39, 0.29) is 0 Å². The van der Waals surface area contributed by atoms with Crippen molar-refractivity contribution in [2.45, 2.75) is 6.92 Å². The van der Waals surface area contributed by atoms with Gasteiger partial charge in [-0.3, -0.25) is 0 Å². The van der Waals surface area contributed by atoms with Gasteiger partial charge in [0.05, 0.1) is 5.52 Å². The van der Waals surface area contributed by atoms with Crippen LogP contribution < -0.4 is 0 Å². The Bertz CT molecular complexity index is 736. The molecule has 18 heavy (non-hydrogen) atoms. The van der Waals surface area contributed by atoms with E-state index in [1.54, 1.807) is 0 Å². The van der Waals surface area contributed by atoms with Gasteiger partial charge in [-0.05, 0) is 59.8 Å². The molecular weight excluding hydrogens is 361 g/mol. The highest BCUT2D eigenvalue weighted by atomic mass is 127. The molecule has 0 aliphatic rings. The first-order valence-electron chi connectivity index (χ1n) is 5.42. The second-order valence-corrected chi connectivity index (χ2v) is 5.63. The first kappa shape index (κ1) is 11.9. The molecule has 0 spiro atoms. The van der Waals surface area contributed by atoms with E-state index < -0.39 is 0 Å². The number of imidazole rings is 1. The fraction of sp³-hybridized carbons (Fsp3) is 0.0769. The van der Waals surface area contributed by atoms with Gasteiger partial charge in [0.25, 0.3) is 0 Å². The molecule has 0 fully saturated rings. The van der Waals surface area contributed by atoms with E-state index in [2.05, 4.69) is 37.5 Å². The Morgan fingerprint density at radius 1 is 1.17 bits per heavy atom. The summed E-state index contributed by atoms with van der Waals surface area (Å²) in [4.78, 5) is 12.2. The maximum atomic E-state index is 6.03. The quantitative estimate of drug-likeness (QED) is 0.654. The minimum Gasteiger partial charge on any atom is -0.337 e. The van der Waals surface area contributed by atoms with Gasteiger partial charge < -0.3 is 4.98 Å². The summed E-state index contributed by atoms with van der Waals surface area (Å²) in [7, 11) is 0. The summed E-state index contributed by atoms with van der Waals surface area (Å²) in [5.74, 6) is 0.801. The highest BCUT2D eigenvalue weighted by molar-refractivity contribution is 14.1. The Morgan fingerprint density at radius 3 is 2.83 bits per heavy atom. The molecule has 3 aromatic rings. The normalized spacial score (nSPS) is 11.1. The van der Waals surface area contributed by atoms with Crippen LogP contribution in [-0.4, -0.2) is 15.0 Å². The Morgan fingerprint density at radius 2 is 2.00 bits per heavy atom. The van der Waals surface area contributed by atoms with Crippen LogP contribution in [0.25, 0.3) is 22.6 Å². The van der Waals surface area contributed by atoms with E-state index in [0.29, 0.717) is 5.02 Å². The second-order valence-electron chi connectivity index (χ2n) is 4.03. The van der Waals surface area contributed by atoms with Crippen LogP contribution in [0.2, 0.25) is 5.02 Å².